The second-order valence-corrected chi connectivity index (χ2v) is 14.3. The third-order valence-corrected chi connectivity index (χ3v) is 11.4. The van der Waals surface area contributed by atoms with Gasteiger partial charge >= 0.3 is 5.97 Å². The molecule has 3 aromatic rings. The molecule has 0 bridgehead atoms. The molecule has 1 N–H and O–H groups in total. The molecule has 0 spiro atoms. The van der Waals surface area contributed by atoms with Crippen molar-refractivity contribution < 1.29 is 28.5 Å². The van der Waals surface area contributed by atoms with Crippen molar-refractivity contribution >= 4 is 24.7 Å². The Morgan fingerprint density at radius 2 is 1.47 bits per heavy atom. The van der Waals surface area contributed by atoms with E-state index in [0.717, 1.165) is 0 Å². The topological polar surface area (TPSA) is 74.2 Å². The van der Waals surface area contributed by atoms with E-state index in [4.69, 9.17) is 18.6 Å². The van der Waals surface area contributed by atoms with Crippen molar-refractivity contribution in [1.82, 2.24) is 0 Å². The summed E-state index contributed by atoms with van der Waals surface area (Å²) >= 11 is 0. The molecule has 0 saturated carbocycles. The lowest BCUT2D eigenvalue weighted by atomic mass is 10.2. The maximum Gasteiger partial charge on any atom is 0.338 e. The van der Waals surface area contributed by atoms with Crippen LogP contribution in [0.2, 0.25) is 5.04 Å². The van der Waals surface area contributed by atoms with Gasteiger partial charge in [0.25, 0.3) is 8.32 Å². The minimum atomic E-state index is -2.70. The summed E-state index contributed by atoms with van der Waals surface area (Å²) < 4.78 is 23.8. The van der Waals surface area contributed by atoms with Crippen LogP contribution in [0.5, 0.6) is 0 Å². The zero-order valence-electron chi connectivity index (χ0n) is 21.0. The molecule has 3 atom stereocenters. The van der Waals surface area contributed by atoms with Gasteiger partial charge in [-0.05, 0) is 27.5 Å². The molecule has 36 heavy (non-hydrogen) atoms. The minimum Gasteiger partial charge on any atom is -0.459 e. The molecule has 0 radical (unpaired) electrons. The Morgan fingerprint density at radius 3 is 2.00 bits per heavy atom. The Balaban J connectivity index is 1.43. The van der Waals surface area contributed by atoms with Gasteiger partial charge in [-0.2, -0.15) is 0 Å². The van der Waals surface area contributed by atoms with Gasteiger partial charge in [-0.15, -0.1) is 0 Å². The van der Waals surface area contributed by atoms with E-state index in [0.29, 0.717) is 12.2 Å². The van der Waals surface area contributed by atoms with Gasteiger partial charge in [0.1, 0.15) is 18.8 Å². The fourth-order valence-electron chi connectivity index (χ4n) is 4.64. The Kier molecular flexibility index (Phi) is 8.38. The lowest BCUT2D eigenvalue weighted by Crippen LogP contribution is -2.67. The molecule has 6 nitrogen and oxygen atoms in total. The van der Waals surface area contributed by atoms with Crippen molar-refractivity contribution in [2.24, 2.45) is 0 Å². The van der Waals surface area contributed by atoms with Crippen LogP contribution in [0.3, 0.4) is 0 Å². The molecule has 1 fully saturated rings. The fourth-order valence-corrected chi connectivity index (χ4v) is 9.23. The summed E-state index contributed by atoms with van der Waals surface area (Å²) in [5, 5.41) is 12.7. The van der Waals surface area contributed by atoms with E-state index in [1.54, 1.807) is 24.3 Å². The van der Waals surface area contributed by atoms with Crippen LogP contribution in [0.15, 0.2) is 91.0 Å². The normalized spacial score (nSPS) is 19.1. The number of carbonyl (C=O) groups is 1. The number of carbonyl (C=O) groups excluding carboxylic acids is 1. The van der Waals surface area contributed by atoms with Crippen molar-refractivity contribution in [1.29, 1.82) is 0 Å². The van der Waals surface area contributed by atoms with Crippen LogP contribution < -0.4 is 10.4 Å². The molecule has 0 unspecified atom stereocenters. The number of aliphatic hydroxyl groups is 1. The van der Waals surface area contributed by atoms with Crippen LogP contribution in [-0.4, -0.2) is 57.7 Å². The molecule has 0 aliphatic carbocycles. The first-order valence-corrected chi connectivity index (χ1v) is 14.1. The molecule has 0 aromatic heterocycles. The first-order valence-electron chi connectivity index (χ1n) is 12.2. The molecule has 1 aliphatic heterocycles. The van der Waals surface area contributed by atoms with Crippen LogP contribution in [0.1, 0.15) is 31.1 Å². The molecule has 4 rings (SSSR count). The SMILES string of the molecule is CC(C)(C)[Si](OC[C@H]1CO[C@@H]([C@H](O)COC(=O)c2ccccc2)O1)(c1ccccc1)c1ccccc1. The van der Waals surface area contributed by atoms with Gasteiger partial charge in [-0.25, -0.2) is 4.79 Å². The lowest BCUT2D eigenvalue weighted by Gasteiger charge is -2.43. The van der Waals surface area contributed by atoms with Crippen LogP contribution >= 0.6 is 0 Å². The van der Waals surface area contributed by atoms with E-state index in [9.17, 15) is 9.90 Å². The van der Waals surface area contributed by atoms with Gasteiger partial charge in [0.2, 0.25) is 0 Å². The summed E-state index contributed by atoms with van der Waals surface area (Å²) in [7, 11) is -2.70. The summed E-state index contributed by atoms with van der Waals surface area (Å²) in [6.45, 7) is 7.05. The highest BCUT2D eigenvalue weighted by Gasteiger charge is 2.50. The number of hydrogen-bond acceptors (Lipinski definition) is 6. The summed E-state index contributed by atoms with van der Waals surface area (Å²) in [4.78, 5) is 12.2. The standard InChI is InChI=1S/C29H34O6Si/c1-29(2,3)36(24-15-9-5-10-16-24,25-17-11-6-12-18-25)34-20-23-19-33-28(35-23)26(30)21-32-27(31)22-13-7-4-8-14-22/h4-18,23,26,28,30H,19-21H2,1-3H3/t23-,26-,28-/m1/s1. The van der Waals surface area contributed by atoms with Gasteiger partial charge < -0.3 is 23.7 Å². The zero-order valence-corrected chi connectivity index (χ0v) is 22.0. The second kappa shape index (κ2) is 11.5. The Bertz CT molecular complexity index is 1060. The molecule has 1 heterocycles. The van der Waals surface area contributed by atoms with Gasteiger partial charge in [0, 0.05) is 0 Å². The lowest BCUT2D eigenvalue weighted by molar-refractivity contribution is -0.145. The van der Waals surface area contributed by atoms with Gasteiger partial charge in [-0.1, -0.05) is 99.6 Å². The summed E-state index contributed by atoms with van der Waals surface area (Å²) in [5.41, 5.74) is 0.425. The quantitative estimate of drug-likeness (QED) is 0.354. The average molecular weight is 507 g/mol. The average Bonchev–Trinajstić information content (AvgIpc) is 3.38. The third-order valence-electron chi connectivity index (χ3n) is 6.38. The van der Waals surface area contributed by atoms with Crippen molar-refractivity contribution in [3.05, 3.63) is 96.6 Å². The molecule has 7 heteroatoms. The maximum absolute atomic E-state index is 12.2. The zero-order chi connectivity index (χ0) is 25.6. The van der Waals surface area contributed by atoms with E-state index in [-0.39, 0.29) is 24.4 Å². The van der Waals surface area contributed by atoms with Crippen molar-refractivity contribution in [2.75, 3.05) is 19.8 Å². The van der Waals surface area contributed by atoms with Gasteiger partial charge in [0.05, 0.1) is 18.8 Å². The van der Waals surface area contributed by atoms with Crippen molar-refractivity contribution in [3.63, 3.8) is 0 Å². The second-order valence-electron chi connectivity index (χ2n) is 9.97. The highest BCUT2D eigenvalue weighted by atomic mass is 28.4. The van der Waals surface area contributed by atoms with Crippen molar-refractivity contribution in [3.8, 4) is 0 Å². The van der Waals surface area contributed by atoms with E-state index in [1.807, 2.05) is 42.5 Å². The summed E-state index contributed by atoms with van der Waals surface area (Å²) in [6, 6.07) is 29.5. The predicted molar refractivity (Wildman–Crippen MR) is 141 cm³/mol. The molecule has 1 saturated heterocycles. The number of aliphatic hydroxyl groups excluding tert-OH is 1. The monoisotopic (exact) mass is 506 g/mol. The van der Waals surface area contributed by atoms with Crippen LogP contribution in [0.4, 0.5) is 0 Å². The highest BCUT2D eigenvalue weighted by molar-refractivity contribution is 6.99. The summed E-state index contributed by atoms with van der Waals surface area (Å²) in [6.07, 6.45) is -2.34. The van der Waals surface area contributed by atoms with E-state index in [1.165, 1.54) is 10.4 Å². The molecule has 3 aromatic carbocycles. The number of ether oxygens (including phenoxy) is 3. The molecule has 1 aliphatic rings. The predicted octanol–water partition coefficient (Wildman–Crippen LogP) is 3.52. The number of esters is 1. The van der Waals surface area contributed by atoms with E-state index in [2.05, 4.69) is 45.0 Å². The summed E-state index contributed by atoms with van der Waals surface area (Å²) in [5.74, 6) is -0.501. The Morgan fingerprint density at radius 1 is 0.944 bits per heavy atom. The molecular formula is C29H34O6Si. The fraction of sp³-hybridized carbons (Fsp3) is 0.345. The van der Waals surface area contributed by atoms with Gasteiger partial charge in [-0.3, -0.25) is 0 Å². The highest BCUT2D eigenvalue weighted by Crippen LogP contribution is 2.37. The Labute approximate surface area is 213 Å². The van der Waals surface area contributed by atoms with Crippen LogP contribution in [0.25, 0.3) is 0 Å². The smallest absolute Gasteiger partial charge is 0.338 e. The first kappa shape index (κ1) is 26.3. The molecule has 190 valence electrons. The Hall–Kier alpha value is -2.81. The largest absolute Gasteiger partial charge is 0.459 e. The first-order chi connectivity index (χ1) is 17.3. The number of benzene rings is 3. The minimum absolute atomic E-state index is 0.153. The van der Waals surface area contributed by atoms with Gasteiger partial charge in [0.15, 0.2) is 6.29 Å². The van der Waals surface area contributed by atoms with E-state index >= 15 is 0 Å². The van der Waals surface area contributed by atoms with Crippen LogP contribution in [-0.2, 0) is 18.6 Å². The number of hydrogen-bond donors (Lipinski definition) is 1. The van der Waals surface area contributed by atoms with Crippen molar-refractivity contribution in [2.45, 2.75) is 44.3 Å². The maximum atomic E-state index is 12.2. The molecule has 0 amide bonds. The van der Waals surface area contributed by atoms with Crippen LogP contribution in [0, 0.1) is 0 Å². The molecular weight excluding hydrogens is 472 g/mol. The van der Waals surface area contributed by atoms with E-state index < -0.39 is 26.7 Å². The number of rotatable bonds is 9. The third kappa shape index (κ3) is 5.77.